The van der Waals surface area contributed by atoms with Crippen molar-refractivity contribution in [1.82, 2.24) is 19.7 Å². The van der Waals surface area contributed by atoms with Gasteiger partial charge in [0.1, 0.15) is 5.82 Å². The Bertz CT molecular complexity index is 1080. The van der Waals surface area contributed by atoms with E-state index in [1.807, 2.05) is 30.3 Å². The molecule has 1 aliphatic carbocycles. The van der Waals surface area contributed by atoms with Crippen molar-refractivity contribution in [2.24, 2.45) is 0 Å². The predicted molar refractivity (Wildman–Crippen MR) is 109 cm³/mol. The van der Waals surface area contributed by atoms with Gasteiger partial charge in [0.25, 0.3) is 11.5 Å². The fourth-order valence-electron chi connectivity index (χ4n) is 3.01. The molecular weight excluding hydrogens is 374 g/mol. The molecule has 144 valence electrons. The lowest BCUT2D eigenvalue weighted by Crippen LogP contribution is -2.19. The Balaban J connectivity index is 1.71. The summed E-state index contributed by atoms with van der Waals surface area (Å²) in [6, 6.07) is 10.8. The first-order valence-corrected chi connectivity index (χ1v) is 10.2. The number of nitrogens with zero attached hydrogens (tertiary/aromatic N) is 3. The maximum atomic E-state index is 13.0. The van der Waals surface area contributed by atoms with Crippen LogP contribution in [0.25, 0.3) is 5.95 Å². The molecule has 0 aliphatic heterocycles. The smallest absolute Gasteiger partial charge is 0.257 e. The van der Waals surface area contributed by atoms with Gasteiger partial charge in [-0.1, -0.05) is 19.1 Å². The molecule has 0 radical (unpaired) electrons. The summed E-state index contributed by atoms with van der Waals surface area (Å²) in [6.45, 7) is 3.80. The Morgan fingerprint density at radius 1 is 1.32 bits per heavy atom. The van der Waals surface area contributed by atoms with E-state index in [1.165, 1.54) is 10.7 Å². The topological polar surface area (TPSA) is 92.7 Å². The number of aromatic nitrogens is 4. The molecule has 0 bridgehead atoms. The number of aryl methyl sites for hydroxylation is 1. The summed E-state index contributed by atoms with van der Waals surface area (Å²) < 4.78 is 1.51. The number of carbonyl (C=O) groups is 1. The molecule has 4 rings (SSSR count). The number of rotatable bonds is 6. The summed E-state index contributed by atoms with van der Waals surface area (Å²) in [6.07, 6.45) is 2.16. The molecule has 2 aromatic heterocycles. The number of hydrogen-bond acceptors (Lipinski definition) is 5. The monoisotopic (exact) mass is 395 g/mol. The van der Waals surface area contributed by atoms with Crippen LogP contribution in [-0.4, -0.2) is 31.4 Å². The number of H-pyrrole nitrogens is 1. The first-order valence-electron chi connectivity index (χ1n) is 9.26. The van der Waals surface area contributed by atoms with Crippen LogP contribution in [-0.2, 0) is 0 Å². The summed E-state index contributed by atoms with van der Waals surface area (Å²) >= 11 is 1.62. The van der Waals surface area contributed by atoms with E-state index >= 15 is 0 Å². The number of thioether (sulfide) groups is 1. The second kappa shape index (κ2) is 7.63. The highest BCUT2D eigenvalue weighted by Crippen LogP contribution is 2.40. The molecule has 1 aromatic carbocycles. The average Bonchev–Trinajstić information content (AvgIpc) is 3.42. The summed E-state index contributed by atoms with van der Waals surface area (Å²) in [4.78, 5) is 32.9. The fourth-order valence-corrected chi connectivity index (χ4v) is 3.81. The first kappa shape index (κ1) is 18.5. The van der Waals surface area contributed by atoms with Gasteiger partial charge >= 0.3 is 0 Å². The summed E-state index contributed by atoms with van der Waals surface area (Å²) in [5.41, 5.74) is 1.84. The molecule has 0 saturated heterocycles. The van der Waals surface area contributed by atoms with E-state index in [2.05, 4.69) is 27.3 Å². The van der Waals surface area contributed by atoms with E-state index in [4.69, 9.17) is 0 Å². The zero-order valence-corrected chi connectivity index (χ0v) is 16.5. The molecule has 7 nitrogen and oxygen atoms in total. The molecule has 1 amide bonds. The zero-order chi connectivity index (χ0) is 19.7. The maximum Gasteiger partial charge on any atom is 0.257 e. The highest BCUT2D eigenvalue weighted by atomic mass is 32.2. The van der Waals surface area contributed by atoms with E-state index in [0.29, 0.717) is 28.9 Å². The van der Waals surface area contributed by atoms with Gasteiger partial charge in [-0.3, -0.25) is 14.6 Å². The van der Waals surface area contributed by atoms with Gasteiger partial charge in [-0.2, -0.15) is 9.78 Å². The average molecular weight is 395 g/mol. The quantitative estimate of drug-likeness (QED) is 0.623. The lowest BCUT2D eigenvalue weighted by molar-refractivity contribution is 0.102. The van der Waals surface area contributed by atoms with Crippen molar-refractivity contribution in [3.05, 3.63) is 63.7 Å². The third-order valence-electron chi connectivity index (χ3n) is 4.45. The van der Waals surface area contributed by atoms with Crippen LogP contribution in [0.4, 0.5) is 5.82 Å². The van der Waals surface area contributed by atoms with E-state index in [9.17, 15) is 9.59 Å². The molecule has 28 heavy (non-hydrogen) atoms. The van der Waals surface area contributed by atoms with Crippen molar-refractivity contribution < 1.29 is 4.79 Å². The summed E-state index contributed by atoms with van der Waals surface area (Å²) in [7, 11) is 0. The van der Waals surface area contributed by atoms with Crippen molar-refractivity contribution in [2.45, 2.75) is 37.5 Å². The number of nitrogens with one attached hydrogen (secondary N) is 2. The predicted octanol–water partition coefficient (Wildman–Crippen LogP) is 3.51. The molecule has 1 aliphatic rings. The van der Waals surface area contributed by atoms with Gasteiger partial charge in [-0.05, 0) is 37.7 Å². The van der Waals surface area contributed by atoms with Crippen molar-refractivity contribution in [1.29, 1.82) is 0 Å². The number of hydrogen-bond donors (Lipinski definition) is 2. The summed E-state index contributed by atoms with van der Waals surface area (Å²) in [5.74, 6) is 1.86. The van der Waals surface area contributed by atoms with Crippen LogP contribution >= 0.6 is 11.8 Å². The highest BCUT2D eigenvalue weighted by Gasteiger charge is 2.28. The lowest BCUT2D eigenvalue weighted by atomic mass is 10.2. The van der Waals surface area contributed by atoms with E-state index in [-0.39, 0.29) is 11.5 Å². The van der Waals surface area contributed by atoms with Crippen molar-refractivity contribution in [3.8, 4) is 5.95 Å². The Kier molecular flexibility index (Phi) is 5.04. The molecule has 3 aromatic rings. The minimum atomic E-state index is -0.257. The third-order valence-corrected chi connectivity index (χ3v) is 5.41. The highest BCUT2D eigenvalue weighted by molar-refractivity contribution is 7.99. The largest absolute Gasteiger partial charge is 0.306 e. The van der Waals surface area contributed by atoms with Crippen LogP contribution in [0.5, 0.6) is 0 Å². The maximum absolute atomic E-state index is 13.0. The van der Waals surface area contributed by atoms with E-state index in [0.717, 1.165) is 29.2 Å². The van der Waals surface area contributed by atoms with Gasteiger partial charge in [-0.25, -0.2) is 4.98 Å². The number of amides is 1. The van der Waals surface area contributed by atoms with Crippen LogP contribution in [0.2, 0.25) is 0 Å². The summed E-state index contributed by atoms with van der Waals surface area (Å²) in [5, 5.41) is 7.55. The van der Waals surface area contributed by atoms with Crippen molar-refractivity contribution in [2.75, 3.05) is 11.1 Å². The molecule has 2 N–H and O–H groups in total. The third kappa shape index (κ3) is 3.87. The van der Waals surface area contributed by atoms with Crippen molar-refractivity contribution in [3.63, 3.8) is 0 Å². The molecule has 0 spiro atoms. The van der Waals surface area contributed by atoms with Gasteiger partial charge in [0.2, 0.25) is 5.95 Å². The van der Waals surface area contributed by atoms with Gasteiger partial charge < -0.3 is 5.32 Å². The second-order valence-corrected chi connectivity index (χ2v) is 8.04. The lowest BCUT2D eigenvalue weighted by Gasteiger charge is -2.10. The Morgan fingerprint density at radius 3 is 2.82 bits per heavy atom. The molecule has 0 unspecified atom stereocenters. The van der Waals surface area contributed by atoms with Gasteiger partial charge in [-0.15, -0.1) is 11.8 Å². The van der Waals surface area contributed by atoms with Crippen LogP contribution in [0.15, 0.2) is 46.1 Å². The molecular formula is C20H21N5O2S. The van der Waals surface area contributed by atoms with E-state index in [1.54, 1.807) is 18.7 Å². The van der Waals surface area contributed by atoms with Crippen LogP contribution < -0.4 is 10.9 Å². The fraction of sp³-hybridized carbons (Fsp3) is 0.300. The number of benzene rings is 1. The Morgan fingerprint density at radius 2 is 2.11 bits per heavy atom. The number of carbonyl (C=O) groups excluding carboxylic acids is 1. The van der Waals surface area contributed by atoms with Crippen LogP contribution in [0.1, 0.15) is 47.4 Å². The van der Waals surface area contributed by atoms with Gasteiger partial charge in [0, 0.05) is 28.6 Å². The normalized spacial score (nSPS) is 13.5. The first-order chi connectivity index (χ1) is 13.5. The SMILES string of the molecule is CCSc1ccccc1C(=O)Nc1cc(C2CC2)nn1-c1nc(C)cc(=O)[nH]1. The second-order valence-electron chi connectivity index (χ2n) is 6.73. The standard InChI is InChI=1S/C20H21N5O2S/c1-3-28-16-7-5-4-6-14(16)19(27)22-17-11-15(13-8-9-13)24-25(17)20-21-12(2)10-18(26)23-20/h4-7,10-11,13H,3,8-9H2,1-2H3,(H,22,27)(H,21,23,26). The molecule has 2 heterocycles. The van der Waals surface area contributed by atoms with Crippen molar-refractivity contribution >= 4 is 23.5 Å². The molecule has 1 saturated carbocycles. The van der Waals surface area contributed by atoms with E-state index < -0.39 is 0 Å². The minimum absolute atomic E-state index is 0.213. The van der Waals surface area contributed by atoms with Gasteiger partial charge in [0.15, 0.2) is 0 Å². The Labute approximate surface area is 166 Å². The minimum Gasteiger partial charge on any atom is -0.306 e. The van der Waals surface area contributed by atoms with Crippen LogP contribution in [0.3, 0.4) is 0 Å². The zero-order valence-electron chi connectivity index (χ0n) is 15.7. The molecule has 0 atom stereocenters. The van der Waals surface area contributed by atoms with Gasteiger partial charge in [0.05, 0.1) is 11.3 Å². The Hall–Kier alpha value is -2.87. The number of anilines is 1. The number of aromatic amines is 1. The molecule has 8 heteroatoms. The molecule has 1 fully saturated rings. The van der Waals surface area contributed by atoms with Crippen LogP contribution in [0, 0.1) is 6.92 Å².